The standard InChI is InChI=1S/C16H18ClFN4O2S/c1-9(2)7-14-21-22-16(25-14)20-13(23)5-6-19-15(24)11-4-3-10(18)8-12(11)17/h3-4,8-9H,5-7H2,1-2H3,(H,19,24)(H,20,22,23). The first-order valence-corrected chi connectivity index (χ1v) is 8.90. The number of nitrogens with one attached hydrogen (secondary N) is 2. The summed E-state index contributed by atoms with van der Waals surface area (Å²) in [5.74, 6) is -0.800. The Balaban J connectivity index is 1.78. The number of anilines is 1. The van der Waals surface area contributed by atoms with Gasteiger partial charge in [-0.05, 0) is 24.1 Å². The number of rotatable bonds is 7. The van der Waals surface area contributed by atoms with Crippen molar-refractivity contribution in [1.29, 1.82) is 0 Å². The summed E-state index contributed by atoms with van der Waals surface area (Å²) < 4.78 is 13.0. The van der Waals surface area contributed by atoms with Gasteiger partial charge >= 0.3 is 0 Å². The molecule has 9 heteroatoms. The van der Waals surface area contributed by atoms with Gasteiger partial charge in [0.1, 0.15) is 10.8 Å². The van der Waals surface area contributed by atoms with Crippen LogP contribution in [0.15, 0.2) is 18.2 Å². The Bertz CT molecular complexity index is 766. The zero-order chi connectivity index (χ0) is 18.4. The molecular weight excluding hydrogens is 367 g/mol. The van der Waals surface area contributed by atoms with Crippen LogP contribution in [-0.4, -0.2) is 28.6 Å². The maximum Gasteiger partial charge on any atom is 0.252 e. The first-order valence-electron chi connectivity index (χ1n) is 7.70. The van der Waals surface area contributed by atoms with Crippen LogP contribution in [0.4, 0.5) is 9.52 Å². The second-order valence-corrected chi connectivity index (χ2v) is 7.25. The third-order valence-corrected chi connectivity index (χ3v) is 4.28. The van der Waals surface area contributed by atoms with E-state index in [1.54, 1.807) is 0 Å². The van der Waals surface area contributed by atoms with E-state index in [2.05, 4.69) is 34.7 Å². The van der Waals surface area contributed by atoms with E-state index in [9.17, 15) is 14.0 Å². The van der Waals surface area contributed by atoms with Crippen LogP contribution in [0, 0.1) is 11.7 Å². The minimum absolute atomic E-state index is 0.0218. The van der Waals surface area contributed by atoms with Crippen molar-refractivity contribution in [1.82, 2.24) is 15.5 Å². The molecule has 0 saturated carbocycles. The van der Waals surface area contributed by atoms with E-state index in [-0.39, 0.29) is 29.5 Å². The number of carbonyl (C=O) groups is 2. The molecule has 1 aromatic heterocycles. The summed E-state index contributed by atoms with van der Waals surface area (Å²) in [6.45, 7) is 4.28. The highest BCUT2D eigenvalue weighted by Crippen LogP contribution is 2.18. The van der Waals surface area contributed by atoms with Crippen LogP contribution in [0.3, 0.4) is 0 Å². The lowest BCUT2D eigenvalue weighted by molar-refractivity contribution is -0.116. The Morgan fingerprint density at radius 3 is 2.76 bits per heavy atom. The molecule has 6 nitrogen and oxygen atoms in total. The Morgan fingerprint density at radius 1 is 1.32 bits per heavy atom. The summed E-state index contributed by atoms with van der Waals surface area (Å²) in [5, 5.41) is 14.5. The van der Waals surface area contributed by atoms with Crippen LogP contribution in [0.1, 0.15) is 35.6 Å². The summed E-state index contributed by atoms with van der Waals surface area (Å²) in [4.78, 5) is 23.8. The van der Waals surface area contributed by atoms with Crippen LogP contribution in [-0.2, 0) is 11.2 Å². The Kier molecular flexibility index (Phi) is 6.83. The number of aromatic nitrogens is 2. The maximum atomic E-state index is 13.0. The third-order valence-electron chi connectivity index (χ3n) is 3.11. The molecule has 0 aliphatic heterocycles. The topological polar surface area (TPSA) is 84.0 Å². The predicted octanol–water partition coefficient (Wildman–Crippen LogP) is 3.29. The normalized spacial score (nSPS) is 10.8. The van der Waals surface area contributed by atoms with Crippen LogP contribution in [0.5, 0.6) is 0 Å². The summed E-state index contributed by atoms with van der Waals surface area (Å²) in [6.07, 6.45) is 0.881. The Hall–Kier alpha value is -2.06. The Labute approximate surface area is 153 Å². The second kappa shape index (κ2) is 8.87. The summed E-state index contributed by atoms with van der Waals surface area (Å²) in [5.41, 5.74) is 0.158. The fourth-order valence-corrected chi connectivity index (χ4v) is 3.20. The monoisotopic (exact) mass is 384 g/mol. The van der Waals surface area contributed by atoms with Crippen LogP contribution >= 0.6 is 22.9 Å². The molecule has 0 saturated heterocycles. The number of nitrogens with zero attached hydrogens (tertiary/aromatic N) is 2. The first-order chi connectivity index (χ1) is 11.8. The van der Waals surface area contributed by atoms with E-state index >= 15 is 0 Å². The highest BCUT2D eigenvalue weighted by Gasteiger charge is 2.12. The lowest BCUT2D eigenvalue weighted by Gasteiger charge is -2.06. The fraction of sp³-hybridized carbons (Fsp3) is 0.375. The molecule has 1 aromatic carbocycles. The molecule has 0 atom stereocenters. The van der Waals surface area contributed by atoms with Gasteiger partial charge in [-0.25, -0.2) is 4.39 Å². The van der Waals surface area contributed by atoms with Crippen LogP contribution < -0.4 is 10.6 Å². The molecule has 0 spiro atoms. The molecule has 0 radical (unpaired) electrons. The van der Waals surface area contributed by atoms with E-state index < -0.39 is 11.7 Å². The van der Waals surface area contributed by atoms with Crippen molar-refractivity contribution in [3.63, 3.8) is 0 Å². The fourth-order valence-electron chi connectivity index (χ4n) is 1.98. The molecule has 2 amide bonds. The van der Waals surface area contributed by atoms with Crippen molar-refractivity contribution >= 4 is 39.9 Å². The zero-order valence-corrected chi connectivity index (χ0v) is 15.4. The first kappa shape index (κ1) is 19.3. The summed E-state index contributed by atoms with van der Waals surface area (Å²) in [6, 6.07) is 3.51. The molecule has 0 aliphatic rings. The minimum Gasteiger partial charge on any atom is -0.351 e. The number of benzene rings is 1. The van der Waals surface area contributed by atoms with Gasteiger partial charge in [-0.2, -0.15) is 0 Å². The SMILES string of the molecule is CC(C)Cc1nnc(NC(=O)CCNC(=O)c2ccc(F)cc2Cl)s1. The van der Waals surface area contributed by atoms with E-state index in [4.69, 9.17) is 11.6 Å². The van der Waals surface area contributed by atoms with Gasteiger partial charge < -0.3 is 10.6 Å². The predicted molar refractivity (Wildman–Crippen MR) is 95.4 cm³/mol. The van der Waals surface area contributed by atoms with Crippen molar-refractivity contribution in [2.75, 3.05) is 11.9 Å². The molecule has 2 aromatic rings. The number of hydrogen-bond donors (Lipinski definition) is 2. The van der Waals surface area contributed by atoms with Gasteiger partial charge in [0.15, 0.2) is 0 Å². The lowest BCUT2D eigenvalue weighted by atomic mass is 10.1. The van der Waals surface area contributed by atoms with Gasteiger partial charge in [0.05, 0.1) is 10.6 Å². The number of hydrogen-bond acceptors (Lipinski definition) is 5. The minimum atomic E-state index is -0.519. The summed E-state index contributed by atoms with van der Waals surface area (Å²) in [7, 11) is 0. The number of halogens is 2. The molecule has 0 unspecified atom stereocenters. The lowest BCUT2D eigenvalue weighted by Crippen LogP contribution is -2.27. The number of amides is 2. The largest absolute Gasteiger partial charge is 0.351 e. The van der Waals surface area contributed by atoms with E-state index in [0.29, 0.717) is 11.0 Å². The van der Waals surface area contributed by atoms with Crippen LogP contribution in [0.2, 0.25) is 5.02 Å². The van der Waals surface area contributed by atoms with E-state index in [0.717, 1.165) is 23.6 Å². The molecule has 25 heavy (non-hydrogen) atoms. The quantitative estimate of drug-likeness (QED) is 0.767. The van der Waals surface area contributed by atoms with Gasteiger partial charge in [0.25, 0.3) is 5.91 Å². The van der Waals surface area contributed by atoms with Gasteiger partial charge in [-0.3, -0.25) is 9.59 Å². The molecule has 2 rings (SSSR count). The van der Waals surface area contributed by atoms with Crippen molar-refractivity contribution in [2.45, 2.75) is 26.7 Å². The molecule has 2 N–H and O–H groups in total. The van der Waals surface area contributed by atoms with Gasteiger partial charge in [0.2, 0.25) is 11.0 Å². The van der Waals surface area contributed by atoms with Gasteiger partial charge in [-0.1, -0.05) is 36.8 Å². The smallest absolute Gasteiger partial charge is 0.252 e. The molecular formula is C16H18ClFN4O2S. The van der Waals surface area contributed by atoms with Crippen molar-refractivity contribution in [3.8, 4) is 0 Å². The van der Waals surface area contributed by atoms with Crippen molar-refractivity contribution < 1.29 is 14.0 Å². The second-order valence-electron chi connectivity index (χ2n) is 5.78. The van der Waals surface area contributed by atoms with Gasteiger partial charge in [-0.15, -0.1) is 10.2 Å². The molecule has 0 bridgehead atoms. The third kappa shape index (κ3) is 6.06. The highest BCUT2D eigenvalue weighted by atomic mass is 35.5. The zero-order valence-electron chi connectivity index (χ0n) is 13.8. The Morgan fingerprint density at radius 2 is 2.08 bits per heavy atom. The molecule has 134 valence electrons. The van der Waals surface area contributed by atoms with E-state index in [1.807, 2.05) is 0 Å². The molecule has 0 aliphatic carbocycles. The van der Waals surface area contributed by atoms with Gasteiger partial charge in [0, 0.05) is 19.4 Å². The van der Waals surface area contributed by atoms with Crippen molar-refractivity contribution in [2.24, 2.45) is 5.92 Å². The molecule has 0 fully saturated rings. The highest BCUT2D eigenvalue weighted by molar-refractivity contribution is 7.15. The number of carbonyl (C=O) groups excluding carboxylic acids is 2. The van der Waals surface area contributed by atoms with Crippen LogP contribution in [0.25, 0.3) is 0 Å². The maximum absolute atomic E-state index is 13.0. The van der Waals surface area contributed by atoms with Crippen molar-refractivity contribution in [3.05, 3.63) is 39.6 Å². The average Bonchev–Trinajstić information content (AvgIpc) is 2.93. The average molecular weight is 385 g/mol. The molecule has 1 heterocycles. The van der Waals surface area contributed by atoms with E-state index in [1.165, 1.54) is 17.4 Å². The summed E-state index contributed by atoms with van der Waals surface area (Å²) >= 11 is 7.15.